The summed E-state index contributed by atoms with van der Waals surface area (Å²) >= 11 is 0. The number of unbranched alkanes of at least 4 members (excludes halogenated alkanes) is 11. The van der Waals surface area contributed by atoms with Crippen molar-refractivity contribution in [3.05, 3.63) is 0 Å². The number of ether oxygens (including phenoxy) is 2. The third-order valence-electron chi connectivity index (χ3n) is 4.40. The molecule has 3 nitrogen and oxygen atoms in total. The van der Waals surface area contributed by atoms with E-state index in [1.807, 2.05) is 0 Å². The first kappa shape index (κ1) is 22.3. The van der Waals surface area contributed by atoms with Crippen LogP contribution in [0.2, 0.25) is 0 Å². The molecule has 0 aliphatic carbocycles. The van der Waals surface area contributed by atoms with E-state index < -0.39 is 6.16 Å². The first-order chi connectivity index (χ1) is 11.2. The highest BCUT2D eigenvalue weighted by molar-refractivity contribution is 5.59. The molecule has 1 unspecified atom stereocenters. The van der Waals surface area contributed by atoms with Crippen molar-refractivity contribution in [2.75, 3.05) is 13.2 Å². The monoisotopic (exact) mass is 328 g/mol. The maximum absolute atomic E-state index is 11.3. The van der Waals surface area contributed by atoms with E-state index in [9.17, 15) is 4.79 Å². The smallest absolute Gasteiger partial charge is 0.434 e. The molecule has 138 valence electrons. The molecular weight excluding hydrogens is 288 g/mol. The minimum atomic E-state index is -0.506. The molecule has 3 heteroatoms. The second kappa shape index (κ2) is 17.6. The van der Waals surface area contributed by atoms with Gasteiger partial charge in [0.15, 0.2) is 0 Å². The molecule has 0 bridgehead atoms. The molecule has 0 radical (unpaired) electrons. The summed E-state index contributed by atoms with van der Waals surface area (Å²) in [5.41, 5.74) is 0. The molecule has 0 heterocycles. The van der Waals surface area contributed by atoms with Crippen LogP contribution in [0.5, 0.6) is 0 Å². The Kier molecular flexibility index (Phi) is 17.1. The molecule has 0 fully saturated rings. The van der Waals surface area contributed by atoms with E-state index >= 15 is 0 Å². The van der Waals surface area contributed by atoms with Gasteiger partial charge in [0, 0.05) is 0 Å². The van der Waals surface area contributed by atoms with Crippen LogP contribution < -0.4 is 0 Å². The van der Waals surface area contributed by atoms with Crippen molar-refractivity contribution in [3.63, 3.8) is 0 Å². The van der Waals surface area contributed by atoms with Crippen molar-refractivity contribution in [1.82, 2.24) is 0 Å². The average Bonchev–Trinajstić information content (AvgIpc) is 2.56. The first-order valence-electron chi connectivity index (χ1n) is 10.00. The highest BCUT2D eigenvalue weighted by Crippen LogP contribution is 2.12. The average molecular weight is 329 g/mol. The van der Waals surface area contributed by atoms with Crippen LogP contribution >= 0.6 is 0 Å². The second-order valence-corrected chi connectivity index (χ2v) is 6.81. The van der Waals surface area contributed by atoms with Gasteiger partial charge in [0.2, 0.25) is 0 Å². The molecular formula is C20H40O3. The number of hydrogen-bond donors (Lipinski definition) is 0. The number of hydrogen-bond acceptors (Lipinski definition) is 3. The van der Waals surface area contributed by atoms with Crippen LogP contribution in [0.4, 0.5) is 4.79 Å². The predicted molar refractivity (Wildman–Crippen MR) is 97.8 cm³/mol. The van der Waals surface area contributed by atoms with E-state index in [1.54, 1.807) is 0 Å². The third-order valence-corrected chi connectivity index (χ3v) is 4.40. The number of carbonyl (C=O) groups is 1. The van der Waals surface area contributed by atoms with E-state index in [4.69, 9.17) is 9.47 Å². The Morgan fingerprint density at radius 3 is 1.70 bits per heavy atom. The molecule has 0 aliphatic rings. The van der Waals surface area contributed by atoms with Crippen LogP contribution in [0.15, 0.2) is 0 Å². The molecule has 0 saturated carbocycles. The fourth-order valence-electron chi connectivity index (χ4n) is 2.47. The molecule has 1 atom stereocenters. The van der Waals surface area contributed by atoms with Crippen molar-refractivity contribution in [3.8, 4) is 0 Å². The lowest BCUT2D eigenvalue weighted by Gasteiger charge is -2.09. The van der Waals surface area contributed by atoms with Crippen LogP contribution in [0, 0.1) is 5.92 Å². The van der Waals surface area contributed by atoms with Gasteiger partial charge in [0.1, 0.15) is 0 Å². The predicted octanol–water partition coefficient (Wildman–Crippen LogP) is 6.89. The summed E-state index contributed by atoms with van der Waals surface area (Å²) in [5, 5.41) is 0. The maximum Gasteiger partial charge on any atom is 0.508 e. The SMILES string of the molecule is CCCCCCCCCCCCCCOC(=O)OCC(C)CC. The summed E-state index contributed by atoms with van der Waals surface area (Å²) in [7, 11) is 0. The van der Waals surface area contributed by atoms with Crippen LogP contribution in [0.1, 0.15) is 104 Å². The summed E-state index contributed by atoms with van der Waals surface area (Å²) in [6.45, 7) is 7.38. The van der Waals surface area contributed by atoms with Crippen molar-refractivity contribution in [2.45, 2.75) is 104 Å². The second-order valence-electron chi connectivity index (χ2n) is 6.81. The summed E-state index contributed by atoms with van der Waals surface area (Å²) in [6, 6.07) is 0. The molecule has 0 rings (SSSR count). The third kappa shape index (κ3) is 17.5. The van der Waals surface area contributed by atoms with Gasteiger partial charge in [-0.1, -0.05) is 97.8 Å². The lowest BCUT2D eigenvalue weighted by Crippen LogP contribution is -2.13. The standard InChI is InChI=1S/C20H40O3/c1-4-6-7-8-9-10-11-12-13-14-15-16-17-22-20(21)23-18-19(3)5-2/h19H,4-18H2,1-3H3. The molecule has 23 heavy (non-hydrogen) atoms. The van der Waals surface area contributed by atoms with Gasteiger partial charge in [-0.15, -0.1) is 0 Å². The fourth-order valence-corrected chi connectivity index (χ4v) is 2.47. The van der Waals surface area contributed by atoms with E-state index in [0.717, 1.165) is 19.3 Å². The van der Waals surface area contributed by atoms with E-state index in [2.05, 4.69) is 20.8 Å². The molecule has 0 amide bonds. The van der Waals surface area contributed by atoms with E-state index in [1.165, 1.54) is 64.2 Å². The molecule has 0 N–H and O–H groups in total. The summed E-state index contributed by atoms with van der Waals surface area (Å²) in [4.78, 5) is 11.3. The van der Waals surface area contributed by atoms with Gasteiger partial charge >= 0.3 is 6.16 Å². The Morgan fingerprint density at radius 1 is 0.739 bits per heavy atom. The number of carbonyl (C=O) groups excluding carboxylic acids is 1. The zero-order valence-electron chi connectivity index (χ0n) is 15.9. The van der Waals surface area contributed by atoms with Gasteiger partial charge in [0.25, 0.3) is 0 Å². The van der Waals surface area contributed by atoms with Gasteiger partial charge in [-0.25, -0.2) is 4.79 Å². The molecule has 0 aromatic carbocycles. The zero-order chi connectivity index (χ0) is 17.2. The van der Waals surface area contributed by atoms with Crippen LogP contribution in [-0.2, 0) is 9.47 Å². The minimum Gasteiger partial charge on any atom is -0.434 e. The lowest BCUT2D eigenvalue weighted by molar-refractivity contribution is 0.0445. The summed E-state index contributed by atoms with van der Waals surface area (Å²) < 4.78 is 10.1. The minimum absolute atomic E-state index is 0.411. The van der Waals surface area contributed by atoms with Gasteiger partial charge in [0.05, 0.1) is 13.2 Å². The first-order valence-corrected chi connectivity index (χ1v) is 10.00. The van der Waals surface area contributed by atoms with Gasteiger partial charge in [-0.05, 0) is 12.3 Å². The van der Waals surface area contributed by atoms with Crippen LogP contribution in [0.3, 0.4) is 0 Å². The molecule has 0 aliphatic heterocycles. The van der Waals surface area contributed by atoms with E-state index in [-0.39, 0.29) is 0 Å². The van der Waals surface area contributed by atoms with Crippen LogP contribution in [-0.4, -0.2) is 19.4 Å². The quantitative estimate of drug-likeness (QED) is 0.229. The van der Waals surface area contributed by atoms with Crippen molar-refractivity contribution >= 4 is 6.16 Å². The largest absolute Gasteiger partial charge is 0.508 e. The Balaban J connectivity index is 3.14. The highest BCUT2D eigenvalue weighted by atomic mass is 16.7. The molecule has 0 aromatic heterocycles. The van der Waals surface area contributed by atoms with E-state index in [0.29, 0.717) is 19.1 Å². The summed E-state index contributed by atoms with van der Waals surface area (Å²) in [6.07, 6.45) is 16.3. The topological polar surface area (TPSA) is 35.5 Å². The molecule has 0 saturated heterocycles. The van der Waals surface area contributed by atoms with Crippen molar-refractivity contribution < 1.29 is 14.3 Å². The fraction of sp³-hybridized carbons (Fsp3) is 0.950. The Labute approximate surface area is 144 Å². The van der Waals surface area contributed by atoms with Crippen LogP contribution in [0.25, 0.3) is 0 Å². The number of rotatable bonds is 16. The zero-order valence-corrected chi connectivity index (χ0v) is 15.9. The van der Waals surface area contributed by atoms with Crippen molar-refractivity contribution in [2.24, 2.45) is 5.92 Å². The Hall–Kier alpha value is -0.730. The normalized spacial score (nSPS) is 12.1. The summed E-state index contributed by atoms with van der Waals surface area (Å²) in [5.74, 6) is 0.411. The highest BCUT2D eigenvalue weighted by Gasteiger charge is 2.06. The van der Waals surface area contributed by atoms with Gasteiger partial charge < -0.3 is 9.47 Å². The lowest BCUT2D eigenvalue weighted by atomic mass is 10.1. The Morgan fingerprint density at radius 2 is 1.22 bits per heavy atom. The maximum atomic E-state index is 11.3. The molecule has 0 spiro atoms. The van der Waals surface area contributed by atoms with Crippen molar-refractivity contribution in [1.29, 1.82) is 0 Å². The van der Waals surface area contributed by atoms with Gasteiger partial charge in [-0.2, -0.15) is 0 Å². The van der Waals surface area contributed by atoms with Gasteiger partial charge in [-0.3, -0.25) is 0 Å². The molecule has 0 aromatic rings. The Bertz CT molecular complexity index is 253.